The van der Waals surface area contributed by atoms with Crippen molar-refractivity contribution in [1.82, 2.24) is 0 Å². The van der Waals surface area contributed by atoms with Crippen molar-refractivity contribution in [3.8, 4) is 11.8 Å². The van der Waals surface area contributed by atoms with E-state index >= 15 is 0 Å². The highest BCUT2D eigenvalue weighted by Gasteiger charge is 2.08. The van der Waals surface area contributed by atoms with Crippen molar-refractivity contribution in [2.75, 3.05) is 6.61 Å². The minimum Gasteiger partial charge on any atom is -0.492 e. The average Bonchev–Trinajstić information content (AvgIpc) is 2.52. The summed E-state index contributed by atoms with van der Waals surface area (Å²) in [5.74, 6) is 0.633. The molecule has 5 heteroatoms. The van der Waals surface area contributed by atoms with Gasteiger partial charge in [0.2, 0.25) is 0 Å². The molecule has 0 saturated carbocycles. The second-order valence-corrected chi connectivity index (χ2v) is 6.08. The van der Waals surface area contributed by atoms with Crippen molar-refractivity contribution in [1.29, 1.82) is 5.26 Å². The molecular formula is C18H14Cl3NO. The molecule has 0 amide bonds. The number of hydrogen-bond acceptors (Lipinski definition) is 2. The fraction of sp³-hybridized carbons (Fsp3) is 0.167. The van der Waals surface area contributed by atoms with Gasteiger partial charge >= 0.3 is 0 Å². The Bertz CT molecular complexity index is 778. The lowest BCUT2D eigenvalue weighted by Crippen LogP contribution is -1.95. The third-order valence-electron chi connectivity index (χ3n) is 3.07. The molecule has 2 nitrogen and oxygen atoms in total. The first-order valence-corrected chi connectivity index (χ1v) is 8.18. The molecule has 2 rings (SSSR count). The summed E-state index contributed by atoms with van der Waals surface area (Å²) in [4.78, 5) is 0. The van der Waals surface area contributed by atoms with E-state index in [9.17, 15) is 5.26 Å². The average molecular weight is 367 g/mol. The Morgan fingerprint density at radius 1 is 1.13 bits per heavy atom. The summed E-state index contributed by atoms with van der Waals surface area (Å²) < 4.78 is 5.54. The molecule has 0 fully saturated rings. The van der Waals surface area contributed by atoms with Crippen molar-refractivity contribution in [2.24, 2.45) is 0 Å². The Morgan fingerprint density at radius 2 is 1.91 bits per heavy atom. The summed E-state index contributed by atoms with van der Waals surface area (Å²) in [7, 11) is 0. The second kappa shape index (κ2) is 8.26. The van der Waals surface area contributed by atoms with Gasteiger partial charge in [-0.05, 0) is 42.3 Å². The van der Waals surface area contributed by atoms with E-state index in [1.807, 2.05) is 13.0 Å². The molecule has 0 heterocycles. The molecule has 0 aromatic heterocycles. The predicted molar refractivity (Wildman–Crippen MR) is 97.2 cm³/mol. The van der Waals surface area contributed by atoms with Crippen molar-refractivity contribution in [3.05, 3.63) is 62.6 Å². The van der Waals surface area contributed by atoms with Gasteiger partial charge in [-0.1, -0.05) is 53.9 Å². The van der Waals surface area contributed by atoms with Gasteiger partial charge in [-0.25, -0.2) is 0 Å². The molecule has 2 aromatic carbocycles. The highest BCUT2D eigenvalue weighted by molar-refractivity contribution is 6.36. The van der Waals surface area contributed by atoms with Crippen LogP contribution in [0.2, 0.25) is 15.1 Å². The molecule has 23 heavy (non-hydrogen) atoms. The number of halogens is 3. The first-order valence-electron chi connectivity index (χ1n) is 7.04. The fourth-order valence-electron chi connectivity index (χ4n) is 1.98. The topological polar surface area (TPSA) is 33.0 Å². The fourth-order valence-corrected chi connectivity index (χ4v) is 2.73. The third kappa shape index (κ3) is 4.65. The van der Waals surface area contributed by atoms with Gasteiger partial charge in [0, 0.05) is 10.6 Å². The third-order valence-corrected chi connectivity index (χ3v) is 3.91. The number of nitriles is 1. The van der Waals surface area contributed by atoms with E-state index < -0.39 is 0 Å². The minimum atomic E-state index is 0.430. The summed E-state index contributed by atoms with van der Waals surface area (Å²) in [5, 5.41) is 10.9. The van der Waals surface area contributed by atoms with Crippen LogP contribution in [0, 0.1) is 11.3 Å². The van der Waals surface area contributed by atoms with Gasteiger partial charge in [-0.15, -0.1) is 0 Å². The van der Waals surface area contributed by atoms with E-state index in [0.29, 0.717) is 38.6 Å². The van der Waals surface area contributed by atoms with Gasteiger partial charge in [-0.2, -0.15) is 5.26 Å². The molecule has 0 N–H and O–H groups in total. The zero-order valence-electron chi connectivity index (χ0n) is 12.4. The molecule has 0 atom stereocenters. The van der Waals surface area contributed by atoms with Gasteiger partial charge in [0.1, 0.15) is 5.75 Å². The molecule has 0 aliphatic heterocycles. The first kappa shape index (κ1) is 17.7. The SMILES string of the molecule is CCCOc1ccc(/C=C(\C#N)c2ccc(Cl)cc2Cl)cc1Cl. The van der Waals surface area contributed by atoms with Crippen LogP contribution in [0.1, 0.15) is 24.5 Å². The van der Waals surface area contributed by atoms with Crippen LogP contribution in [-0.2, 0) is 0 Å². The monoisotopic (exact) mass is 365 g/mol. The molecule has 0 aliphatic carbocycles. The van der Waals surface area contributed by atoms with Crippen LogP contribution >= 0.6 is 34.8 Å². The zero-order valence-corrected chi connectivity index (χ0v) is 14.7. The standard InChI is InChI=1S/C18H14Cl3NO/c1-2-7-23-18-6-3-12(9-17(18)21)8-13(11-22)15-5-4-14(19)10-16(15)20/h3-6,8-10H,2,7H2,1H3/b13-8+. The van der Waals surface area contributed by atoms with Gasteiger partial charge in [-0.3, -0.25) is 0 Å². The van der Waals surface area contributed by atoms with Crippen molar-refractivity contribution < 1.29 is 4.74 Å². The van der Waals surface area contributed by atoms with Crippen LogP contribution in [0.5, 0.6) is 5.75 Å². The Morgan fingerprint density at radius 3 is 2.52 bits per heavy atom. The van der Waals surface area contributed by atoms with E-state index in [0.717, 1.165) is 12.0 Å². The minimum absolute atomic E-state index is 0.430. The molecule has 0 bridgehead atoms. The Hall–Kier alpha value is -1.66. The molecule has 118 valence electrons. The smallest absolute Gasteiger partial charge is 0.137 e. The van der Waals surface area contributed by atoms with Gasteiger partial charge in [0.05, 0.1) is 28.3 Å². The van der Waals surface area contributed by atoms with E-state index in [2.05, 4.69) is 6.07 Å². The van der Waals surface area contributed by atoms with E-state index in [1.54, 1.807) is 36.4 Å². The molecule has 0 radical (unpaired) electrons. The lowest BCUT2D eigenvalue weighted by atomic mass is 10.0. The van der Waals surface area contributed by atoms with Crippen LogP contribution in [0.3, 0.4) is 0 Å². The number of allylic oxidation sites excluding steroid dienone is 1. The lowest BCUT2D eigenvalue weighted by Gasteiger charge is -2.08. The van der Waals surface area contributed by atoms with Crippen molar-refractivity contribution in [2.45, 2.75) is 13.3 Å². The van der Waals surface area contributed by atoms with Crippen LogP contribution in [0.15, 0.2) is 36.4 Å². The van der Waals surface area contributed by atoms with Crippen LogP contribution in [0.4, 0.5) is 0 Å². The maximum atomic E-state index is 9.41. The summed E-state index contributed by atoms with van der Waals surface area (Å²) in [6, 6.07) is 12.6. The molecule has 0 spiro atoms. The van der Waals surface area contributed by atoms with Crippen molar-refractivity contribution in [3.63, 3.8) is 0 Å². The Labute approximate surface area is 150 Å². The molecule has 0 unspecified atom stereocenters. The van der Waals surface area contributed by atoms with Crippen LogP contribution in [-0.4, -0.2) is 6.61 Å². The van der Waals surface area contributed by atoms with Crippen LogP contribution < -0.4 is 4.74 Å². The summed E-state index contributed by atoms with van der Waals surface area (Å²) in [5.41, 5.74) is 1.85. The highest BCUT2D eigenvalue weighted by Crippen LogP contribution is 2.30. The summed E-state index contributed by atoms with van der Waals surface area (Å²) in [6.45, 7) is 2.64. The lowest BCUT2D eigenvalue weighted by molar-refractivity contribution is 0.317. The number of hydrogen-bond donors (Lipinski definition) is 0. The van der Waals surface area contributed by atoms with E-state index in [4.69, 9.17) is 39.5 Å². The van der Waals surface area contributed by atoms with Gasteiger partial charge < -0.3 is 4.74 Å². The van der Waals surface area contributed by atoms with Crippen molar-refractivity contribution >= 4 is 46.5 Å². The van der Waals surface area contributed by atoms with E-state index in [1.165, 1.54) is 0 Å². The Balaban J connectivity index is 2.35. The number of rotatable bonds is 5. The molecule has 0 saturated heterocycles. The largest absolute Gasteiger partial charge is 0.492 e. The highest BCUT2D eigenvalue weighted by atomic mass is 35.5. The normalized spacial score (nSPS) is 11.2. The van der Waals surface area contributed by atoms with E-state index in [-0.39, 0.29) is 0 Å². The van der Waals surface area contributed by atoms with Gasteiger partial charge in [0.15, 0.2) is 0 Å². The first-order chi connectivity index (χ1) is 11.0. The summed E-state index contributed by atoms with van der Waals surface area (Å²) in [6.07, 6.45) is 2.64. The Kier molecular flexibility index (Phi) is 6.36. The number of nitrogens with zero attached hydrogens (tertiary/aromatic N) is 1. The predicted octanol–water partition coefficient (Wildman–Crippen LogP) is 6.50. The van der Waals surface area contributed by atoms with Crippen LogP contribution in [0.25, 0.3) is 11.6 Å². The zero-order chi connectivity index (χ0) is 16.8. The maximum Gasteiger partial charge on any atom is 0.137 e. The maximum absolute atomic E-state index is 9.41. The molecular weight excluding hydrogens is 353 g/mol. The quantitative estimate of drug-likeness (QED) is 0.447. The number of ether oxygens (including phenoxy) is 1. The molecule has 0 aliphatic rings. The second-order valence-electron chi connectivity index (χ2n) is 4.83. The number of benzene rings is 2. The van der Waals surface area contributed by atoms with Gasteiger partial charge in [0.25, 0.3) is 0 Å². The molecule has 2 aromatic rings. The summed E-state index contributed by atoms with van der Waals surface area (Å²) >= 11 is 18.3.